The lowest BCUT2D eigenvalue weighted by atomic mass is 10.1. The molecule has 2 aromatic carbocycles. The Morgan fingerprint density at radius 2 is 1.90 bits per heavy atom. The summed E-state index contributed by atoms with van der Waals surface area (Å²) in [6.07, 6.45) is 2.51. The molecular formula is C22H23N3O3S2. The predicted octanol–water partition coefficient (Wildman–Crippen LogP) is 4.64. The van der Waals surface area contributed by atoms with Gasteiger partial charge in [0.1, 0.15) is 5.75 Å². The minimum Gasteiger partial charge on any atom is -0.494 e. The molecule has 2 N–H and O–H groups in total. The number of hydrogen-bond acceptors (Lipinski definition) is 7. The van der Waals surface area contributed by atoms with Crippen LogP contribution in [0.5, 0.6) is 11.6 Å². The van der Waals surface area contributed by atoms with Crippen molar-refractivity contribution in [1.29, 1.82) is 0 Å². The second-order valence-electron chi connectivity index (χ2n) is 7.05. The van der Waals surface area contributed by atoms with Crippen LogP contribution in [-0.2, 0) is 6.42 Å². The number of aromatic hydroxyl groups is 1. The summed E-state index contributed by atoms with van der Waals surface area (Å²) in [5.74, 6) is 0.783. The number of aromatic amines is 1. The number of fused-ring (bicyclic) bond motifs is 1. The number of unbranched alkanes of at least 4 members (excludes halogenated alkanes) is 1. The van der Waals surface area contributed by atoms with Crippen molar-refractivity contribution < 1.29 is 9.84 Å². The molecule has 0 aliphatic heterocycles. The van der Waals surface area contributed by atoms with E-state index in [1.165, 1.54) is 4.70 Å². The molecule has 0 atom stereocenters. The summed E-state index contributed by atoms with van der Waals surface area (Å²) in [5.41, 5.74) is 2.07. The maximum atomic E-state index is 11.3. The van der Waals surface area contributed by atoms with E-state index in [1.807, 2.05) is 42.5 Å². The Balaban J connectivity index is 1.20. The number of rotatable bonds is 9. The van der Waals surface area contributed by atoms with E-state index in [9.17, 15) is 9.90 Å². The third kappa shape index (κ3) is 5.01. The van der Waals surface area contributed by atoms with Crippen LogP contribution in [0.1, 0.15) is 23.3 Å². The highest BCUT2D eigenvalue weighted by Gasteiger charge is 2.09. The van der Waals surface area contributed by atoms with Crippen molar-refractivity contribution in [2.45, 2.75) is 19.3 Å². The molecule has 0 saturated heterocycles. The number of H-pyrrole nitrogens is 1. The molecule has 0 amide bonds. The fourth-order valence-electron chi connectivity index (χ4n) is 3.12. The smallest absolute Gasteiger partial charge is 0.307 e. The maximum Gasteiger partial charge on any atom is 0.307 e. The van der Waals surface area contributed by atoms with Gasteiger partial charge in [0.2, 0.25) is 5.88 Å². The van der Waals surface area contributed by atoms with Gasteiger partial charge in [0.15, 0.2) is 5.13 Å². The van der Waals surface area contributed by atoms with Crippen molar-refractivity contribution in [1.82, 2.24) is 9.97 Å². The number of aromatic nitrogens is 2. The van der Waals surface area contributed by atoms with E-state index in [0.29, 0.717) is 17.9 Å². The summed E-state index contributed by atoms with van der Waals surface area (Å²) in [7, 11) is 2.08. The molecule has 4 rings (SSSR count). The summed E-state index contributed by atoms with van der Waals surface area (Å²) >= 11 is 2.75. The van der Waals surface area contributed by atoms with Crippen LogP contribution in [0.25, 0.3) is 10.2 Å². The van der Waals surface area contributed by atoms with E-state index in [4.69, 9.17) is 4.74 Å². The zero-order chi connectivity index (χ0) is 20.9. The molecule has 2 heterocycles. The third-order valence-corrected chi connectivity index (χ3v) is 6.78. The minimum absolute atomic E-state index is 0.0406. The molecule has 0 aliphatic carbocycles. The standard InChI is InChI=1S/C22H23N3O3S2/c1-25(21-23-17-6-2-3-7-18(17)29-21)12-4-5-13-28-16-10-8-15(9-11-16)14-19-20(26)24-22(27)30-19/h2-3,6-11,26H,4-5,12-14H2,1H3,(H,24,27). The van der Waals surface area contributed by atoms with Gasteiger partial charge in [0.05, 0.1) is 21.7 Å². The van der Waals surface area contributed by atoms with Crippen molar-refractivity contribution >= 4 is 38.0 Å². The van der Waals surface area contributed by atoms with Crippen LogP contribution in [0.15, 0.2) is 53.3 Å². The number of thiazole rings is 2. The Hall–Kier alpha value is -2.84. The van der Waals surface area contributed by atoms with Gasteiger partial charge < -0.3 is 14.7 Å². The second kappa shape index (κ2) is 9.32. The molecule has 8 heteroatoms. The normalized spacial score (nSPS) is 11.1. The number of ether oxygens (including phenoxy) is 1. The van der Waals surface area contributed by atoms with Gasteiger partial charge in [-0.25, -0.2) is 4.98 Å². The van der Waals surface area contributed by atoms with E-state index in [-0.39, 0.29) is 10.8 Å². The quantitative estimate of drug-likeness (QED) is 0.370. The molecule has 2 aromatic heterocycles. The third-order valence-electron chi connectivity index (χ3n) is 4.75. The van der Waals surface area contributed by atoms with Crippen LogP contribution >= 0.6 is 22.7 Å². The minimum atomic E-state index is -0.240. The molecule has 0 aliphatic rings. The highest BCUT2D eigenvalue weighted by atomic mass is 32.1. The fraction of sp³-hybridized carbons (Fsp3) is 0.273. The SMILES string of the molecule is CN(CCCCOc1ccc(Cc2sc(=O)[nH]c2O)cc1)c1nc2ccccc2s1. The summed E-state index contributed by atoms with van der Waals surface area (Å²) in [4.78, 5) is 20.9. The lowest BCUT2D eigenvalue weighted by Crippen LogP contribution is -2.18. The van der Waals surface area contributed by atoms with Gasteiger partial charge in [-0.2, -0.15) is 0 Å². The van der Waals surface area contributed by atoms with Crippen molar-refractivity contribution in [3.05, 3.63) is 68.6 Å². The largest absolute Gasteiger partial charge is 0.494 e. The van der Waals surface area contributed by atoms with Crippen molar-refractivity contribution in [3.63, 3.8) is 0 Å². The predicted molar refractivity (Wildman–Crippen MR) is 123 cm³/mol. The van der Waals surface area contributed by atoms with E-state index < -0.39 is 0 Å². The topological polar surface area (TPSA) is 78.5 Å². The monoisotopic (exact) mass is 441 g/mol. The van der Waals surface area contributed by atoms with E-state index in [1.54, 1.807) is 11.3 Å². The van der Waals surface area contributed by atoms with Crippen molar-refractivity contribution in [3.8, 4) is 11.6 Å². The molecule has 0 fully saturated rings. The summed E-state index contributed by atoms with van der Waals surface area (Å²) < 4.78 is 7.05. The first-order valence-electron chi connectivity index (χ1n) is 9.78. The number of para-hydroxylation sites is 1. The molecule has 0 spiro atoms. The van der Waals surface area contributed by atoms with E-state index >= 15 is 0 Å². The van der Waals surface area contributed by atoms with Crippen LogP contribution in [0.3, 0.4) is 0 Å². The number of nitrogens with zero attached hydrogens (tertiary/aromatic N) is 2. The molecule has 0 saturated carbocycles. The first kappa shape index (κ1) is 20.4. The number of nitrogens with one attached hydrogen (secondary N) is 1. The van der Waals surface area contributed by atoms with Gasteiger partial charge in [-0.15, -0.1) is 0 Å². The van der Waals surface area contributed by atoms with Gasteiger partial charge in [-0.1, -0.05) is 46.9 Å². The highest BCUT2D eigenvalue weighted by Crippen LogP contribution is 2.28. The van der Waals surface area contributed by atoms with Crippen molar-refractivity contribution in [2.75, 3.05) is 25.1 Å². The molecular weight excluding hydrogens is 418 g/mol. The number of anilines is 1. The average molecular weight is 442 g/mol. The Morgan fingerprint density at radius 3 is 2.63 bits per heavy atom. The molecule has 30 heavy (non-hydrogen) atoms. The fourth-order valence-corrected chi connectivity index (χ4v) is 4.83. The zero-order valence-corrected chi connectivity index (χ0v) is 18.3. The van der Waals surface area contributed by atoms with Crippen LogP contribution < -0.4 is 14.5 Å². The number of benzene rings is 2. The van der Waals surface area contributed by atoms with Crippen LogP contribution in [0.4, 0.5) is 5.13 Å². The molecule has 0 unspecified atom stereocenters. The maximum absolute atomic E-state index is 11.3. The Labute approximate surface area is 182 Å². The van der Waals surface area contributed by atoms with Crippen molar-refractivity contribution in [2.24, 2.45) is 0 Å². The number of hydrogen-bond donors (Lipinski definition) is 2. The lowest BCUT2D eigenvalue weighted by Gasteiger charge is -2.15. The van der Waals surface area contributed by atoms with E-state index in [0.717, 1.165) is 52.7 Å². The van der Waals surface area contributed by atoms with Gasteiger partial charge in [-0.3, -0.25) is 9.78 Å². The van der Waals surface area contributed by atoms with E-state index in [2.05, 4.69) is 28.0 Å². The summed E-state index contributed by atoms with van der Waals surface area (Å²) in [6.45, 7) is 1.60. The van der Waals surface area contributed by atoms with Gasteiger partial charge in [0, 0.05) is 20.0 Å². The average Bonchev–Trinajstić information content (AvgIpc) is 3.31. The Bertz CT molecular complexity index is 1130. The second-order valence-corrected chi connectivity index (χ2v) is 9.13. The highest BCUT2D eigenvalue weighted by molar-refractivity contribution is 7.22. The van der Waals surface area contributed by atoms with Crippen LogP contribution in [0, 0.1) is 0 Å². The lowest BCUT2D eigenvalue weighted by molar-refractivity contribution is 0.307. The molecule has 4 aromatic rings. The van der Waals surface area contributed by atoms with Gasteiger partial charge in [0.25, 0.3) is 0 Å². The summed E-state index contributed by atoms with van der Waals surface area (Å²) in [6, 6.07) is 16.0. The Morgan fingerprint density at radius 1 is 1.10 bits per heavy atom. The molecule has 0 bridgehead atoms. The summed E-state index contributed by atoms with van der Waals surface area (Å²) in [5, 5.41) is 10.7. The van der Waals surface area contributed by atoms with Crippen LogP contribution in [0.2, 0.25) is 0 Å². The van der Waals surface area contributed by atoms with Gasteiger partial charge >= 0.3 is 4.87 Å². The first-order valence-corrected chi connectivity index (χ1v) is 11.4. The molecule has 156 valence electrons. The van der Waals surface area contributed by atoms with Crippen LogP contribution in [-0.4, -0.2) is 35.3 Å². The molecule has 0 radical (unpaired) electrons. The Kier molecular flexibility index (Phi) is 6.35. The van der Waals surface area contributed by atoms with Gasteiger partial charge in [-0.05, 0) is 42.7 Å². The molecule has 6 nitrogen and oxygen atoms in total. The zero-order valence-electron chi connectivity index (χ0n) is 16.6. The first-order chi connectivity index (χ1) is 14.6.